The van der Waals surface area contributed by atoms with Crippen molar-refractivity contribution in [2.45, 2.75) is 19.1 Å². The minimum absolute atomic E-state index is 0.349. The van der Waals surface area contributed by atoms with Crippen molar-refractivity contribution in [2.24, 2.45) is 0 Å². The first-order valence-electron chi connectivity index (χ1n) is 3.12. The van der Waals surface area contributed by atoms with E-state index < -0.39 is 6.29 Å². The van der Waals surface area contributed by atoms with Gasteiger partial charge in [-0.1, -0.05) is 0 Å². The Morgan fingerprint density at radius 2 is 2.40 bits per heavy atom. The number of nitrogens with zero attached hydrogens (tertiary/aromatic N) is 1. The molecule has 3 N–H and O–H groups in total. The monoisotopic (exact) mass is 142 g/mol. The molecule has 0 aliphatic rings. The van der Waals surface area contributed by atoms with Crippen molar-refractivity contribution in [2.75, 3.05) is 0 Å². The Bertz CT molecular complexity index is 172. The van der Waals surface area contributed by atoms with Gasteiger partial charge in [0.15, 0.2) is 6.29 Å². The summed E-state index contributed by atoms with van der Waals surface area (Å²) in [7, 11) is 0. The molecule has 0 saturated heterocycles. The summed E-state index contributed by atoms with van der Waals surface area (Å²) in [5.74, 6) is 0. The third-order valence-electron chi connectivity index (χ3n) is 1.23. The van der Waals surface area contributed by atoms with Crippen molar-refractivity contribution in [3.63, 3.8) is 0 Å². The third-order valence-corrected chi connectivity index (χ3v) is 1.23. The van der Waals surface area contributed by atoms with Crippen molar-refractivity contribution in [1.82, 2.24) is 9.97 Å². The average molecular weight is 142 g/mol. The average Bonchev–Trinajstić information content (AvgIpc) is 2.34. The topological polar surface area (TPSA) is 69.1 Å². The lowest BCUT2D eigenvalue weighted by atomic mass is 10.2. The minimum atomic E-state index is -1.22. The first kappa shape index (κ1) is 7.24. The van der Waals surface area contributed by atoms with E-state index >= 15 is 0 Å². The number of hydrogen-bond donors (Lipinski definition) is 3. The van der Waals surface area contributed by atoms with Crippen LogP contribution in [0.3, 0.4) is 0 Å². The van der Waals surface area contributed by atoms with E-state index in [2.05, 4.69) is 9.97 Å². The molecule has 0 radical (unpaired) electrons. The fourth-order valence-corrected chi connectivity index (χ4v) is 0.706. The lowest BCUT2D eigenvalue weighted by Gasteiger charge is -1.99. The molecular weight excluding hydrogens is 132 g/mol. The lowest BCUT2D eigenvalue weighted by molar-refractivity contribution is -0.0448. The maximum atomic E-state index is 8.47. The van der Waals surface area contributed by atoms with Crippen LogP contribution in [0, 0.1) is 0 Å². The SMILES string of the molecule is OC(O)CCc1cnc[nH]1. The molecule has 4 nitrogen and oxygen atoms in total. The summed E-state index contributed by atoms with van der Waals surface area (Å²) in [6, 6.07) is 0. The minimum Gasteiger partial charge on any atom is -0.368 e. The molecule has 1 aromatic heterocycles. The van der Waals surface area contributed by atoms with E-state index in [1.54, 1.807) is 12.5 Å². The molecule has 4 heteroatoms. The van der Waals surface area contributed by atoms with E-state index in [0.717, 1.165) is 5.69 Å². The second-order valence-corrected chi connectivity index (χ2v) is 2.10. The molecule has 1 aromatic rings. The number of H-pyrrole nitrogens is 1. The van der Waals surface area contributed by atoms with Gasteiger partial charge in [0.05, 0.1) is 6.33 Å². The third kappa shape index (κ3) is 2.16. The summed E-state index contributed by atoms with van der Waals surface area (Å²) < 4.78 is 0. The molecule has 0 aliphatic heterocycles. The fourth-order valence-electron chi connectivity index (χ4n) is 0.706. The van der Waals surface area contributed by atoms with E-state index in [9.17, 15) is 0 Å². The molecule has 0 unspecified atom stereocenters. The highest BCUT2D eigenvalue weighted by atomic mass is 16.5. The summed E-state index contributed by atoms with van der Waals surface area (Å²) >= 11 is 0. The van der Waals surface area contributed by atoms with Crippen molar-refractivity contribution < 1.29 is 10.2 Å². The predicted octanol–water partition coefficient (Wildman–Crippen LogP) is -0.347. The molecule has 0 atom stereocenters. The molecule has 0 amide bonds. The number of nitrogens with one attached hydrogen (secondary N) is 1. The summed E-state index contributed by atoms with van der Waals surface area (Å²) in [4.78, 5) is 6.64. The van der Waals surface area contributed by atoms with Gasteiger partial charge < -0.3 is 15.2 Å². The molecule has 0 bridgehead atoms. The maximum absolute atomic E-state index is 8.47. The van der Waals surface area contributed by atoms with Crippen LogP contribution in [-0.2, 0) is 6.42 Å². The molecule has 0 aromatic carbocycles. The Morgan fingerprint density at radius 1 is 1.60 bits per heavy atom. The molecule has 0 aliphatic carbocycles. The van der Waals surface area contributed by atoms with Crippen LogP contribution >= 0.6 is 0 Å². The Hall–Kier alpha value is -0.870. The molecule has 0 fully saturated rings. The maximum Gasteiger partial charge on any atom is 0.151 e. The normalized spacial score (nSPS) is 10.7. The van der Waals surface area contributed by atoms with Crippen LogP contribution in [0.4, 0.5) is 0 Å². The first-order chi connectivity index (χ1) is 4.79. The van der Waals surface area contributed by atoms with Crippen molar-refractivity contribution in [3.05, 3.63) is 18.2 Å². The smallest absolute Gasteiger partial charge is 0.151 e. The number of aliphatic hydroxyl groups excluding tert-OH is 1. The number of aryl methyl sites for hydroxylation is 1. The van der Waals surface area contributed by atoms with Gasteiger partial charge in [0, 0.05) is 18.3 Å². The molecule has 1 heterocycles. The number of aromatic amines is 1. The van der Waals surface area contributed by atoms with Crippen LogP contribution in [-0.4, -0.2) is 26.5 Å². The molecular formula is C6H10N2O2. The van der Waals surface area contributed by atoms with E-state index in [0.29, 0.717) is 12.8 Å². The molecule has 1 rings (SSSR count). The Balaban J connectivity index is 2.28. The predicted molar refractivity (Wildman–Crippen MR) is 35.1 cm³/mol. The summed E-state index contributed by atoms with van der Waals surface area (Å²) in [6.45, 7) is 0. The number of hydrogen-bond acceptors (Lipinski definition) is 3. The van der Waals surface area contributed by atoms with Gasteiger partial charge in [-0.05, 0) is 6.42 Å². The zero-order valence-electron chi connectivity index (χ0n) is 5.49. The summed E-state index contributed by atoms with van der Waals surface area (Å²) in [5, 5.41) is 16.9. The second kappa shape index (κ2) is 3.34. The standard InChI is InChI=1S/C6H10N2O2/c9-6(10)2-1-5-3-7-4-8-5/h3-4,6,9-10H,1-2H2,(H,7,8). The lowest BCUT2D eigenvalue weighted by Crippen LogP contribution is -2.05. The number of imidazole rings is 1. The zero-order valence-corrected chi connectivity index (χ0v) is 5.49. The van der Waals surface area contributed by atoms with E-state index in [1.165, 1.54) is 0 Å². The van der Waals surface area contributed by atoms with Crippen LogP contribution in [0.15, 0.2) is 12.5 Å². The van der Waals surface area contributed by atoms with Crippen molar-refractivity contribution in [3.8, 4) is 0 Å². The number of aromatic nitrogens is 2. The fraction of sp³-hybridized carbons (Fsp3) is 0.500. The van der Waals surface area contributed by atoms with Gasteiger partial charge in [-0.15, -0.1) is 0 Å². The second-order valence-electron chi connectivity index (χ2n) is 2.10. The van der Waals surface area contributed by atoms with Crippen LogP contribution in [0.2, 0.25) is 0 Å². The number of aliphatic hydroxyl groups is 2. The van der Waals surface area contributed by atoms with Crippen LogP contribution in [0.5, 0.6) is 0 Å². The summed E-state index contributed by atoms with van der Waals surface area (Å²) in [6.07, 6.45) is 2.99. The van der Waals surface area contributed by atoms with Gasteiger partial charge in [-0.3, -0.25) is 0 Å². The molecule has 0 saturated carbocycles. The Labute approximate surface area is 58.5 Å². The van der Waals surface area contributed by atoms with Crippen molar-refractivity contribution >= 4 is 0 Å². The molecule has 10 heavy (non-hydrogen) atoms. The highest BCUT2D eigenvalue weighted by Crippen LogP contribution is 1.98. The van der Waals surface area contributed by atoms with E-state index in [4.69, 9.17) is 10.2 Å². The quantitative estimate of drug-likeness (QED) is 0.505. The van der Waals surface area contributed by atoms with Gasteiger partial charge in [-0.25, -0.2) is 4.98 Å². The molecule has 56 valence electrons. The highest BCUT2D eigenvalue weighted by Gasteiger charge is 1.98. The van der Waals surface area contributed by atoms with Gasteiger partial charge in [-0.2, -0.15) is 0 Å². The van der Waals surface area contributed by atoms with E-state index in [-0.39, 0.29) is 0 Å². The van der Waals surface area contributed by atoms with Gasteiger partial charge in [0.25, 0.3) is 0 Å². The summed E-state index contributed by atoms with van der Waals surface area (Å²) in [5.41, 5.74) is 0.924. The number of rotatable bonds is 3. The van der Waals surface area contributed by atoms with Crippen molar-refractivity contribution in [1.29, 1.82) is 0 Å². The zero-order chi connectivity index (χ0) is 7.40. The highest BCUT2D eigenvalue weighted by molar-refractivity contribution is 4.93. The van der Waals surface area contributed by atoms with E-state index in [1.807, 2.05) is 0 Å². The van der Waals surface area contributed by atoms with Crippen LogP contribution in [0.25, 0.3) is 0 Å². The first-order valence-corrected chi connectivity index (χ1v) is 3.12. The van der Waals surface area contributed by atoms with Gasteiger partial charge in [0.1, 0.15) is 0 Å². The van der Waals surface area contributed by atoms with Gasteiger partial charge >= 0.3 is 0 Å². The molecule has 0 spiro atoms. The van der Waals surface area contributed by atoms with Crippen LogP contribution in [0.1, 0.15) is 12.1 Å². The Kier molecular flexibility index (Phi) is 2.42. The largest absolute Gasteiger partial charge is 0.368 e. The van der Waals surface area contributed by atoms with Crippen LogP contribution < -0.4 is 0 Å². The Morgan fingerprint density at radius 3 is 2.90 bits per heavy atom. The van der Waals surface area contributed by atoms with Gasteiger partial charge in [0.2, 0.25) is 0 Å².